The fourth-order valence-corrected chi connectivity index (χ4v) is 3.36. The molecule has 2 aromatic rings. The minimum Gasteiger partial charge on any atom is -0.351 e. The van der Waals surface area contributed by atoms with Crippen LogP contribution in [0.25, 0.3) is 0 Å². The summed E-state index contributed by atoms with van der Waals surface area (Å²) in [6.45, 7) is 1.98. The Hall–Kier alpha value is -1.53. The predicted octanol–water partition coefficient (Wildman–Crippen LogP) is 3.46. The molecule has 122 valence electrons. The van der Waals surface area contributed by atoms with Crippen LogP contribution in [0.15, 0.2) is 46.9 Å². The van der Waals surface area contributed by atoms with Crippen LogP contribution < -0.4 is 5.32 Å². The van der Waals surface area contributed by atoms with Gasteiger partial charge in [-0.05, 0) is 41.8 Å². The van der Waals surface area contributed by atoms with E-state index < -0.39 is 10.8 Å². The molecule has 0 unspecified atom stereocenters. The number of carbonyl (C=O) groups is 1. The van der Waals surface area contributed by atoms with Crippen molar-refractivity contribution >= 4 is 32.6 Å². The molecule has 6 heteroatoms. The highest BCUT2D eigenvalue weighted by molar-refractivity contribution is 9.10. The molecule has 1 N–H and O–H groups in total. The number of amides is 1. The SMILES string of the molecule is Cc1cc(CNC(=O)C[S@@](=O)Cc2ccc(Br)cc2)ccc1F. The van der Waals surface area contributed by atoms with Gasteiger partial charge in [0.05, 0.1) is 0 Å². The third-order valence-corrected chi connectivity index (χ3v) is 5.01. The standard InChI is InChI=1S/C17H17BrFNO2S/c1-12-8-14(4-7-16(12)19)9-20-17(21)11-23(22)10-13-2-5-15(18)6-3-13/h2-8H,9-11H2,1H3,(H,20,21)/t23-/m0/s1. The first kappa shape index (κ1) is 17.8. The van der Waals surface area contributed by atoms with Gasteiger partial charge in [-0.1, -0.05) is 40.2 Å². The van der Waals surface area contributed by atoms with Crippen LogP contribution in [0.2, 0.25) is 0 Å². The Labute approximate surface area is 145 Å². The minimum atomic E-state index is -1.26. The van der Waals surface area contributed by atoms with Crippen molar-refractivity contribution in [2.24, 2.45) is 0 Å². The summed E-state index contributed by atoms with van der Waals surface area (Å²) in [7, 11) is -1.26. The second-order valence-electron chi connectivity index (χ2n) is 5.22. The molecule has 0 saturated heterocycles. The molecule has 23 heavy (non-hydrogen) atoms. The van der Waals surface area contributed by atoms with Crippen molar-refractivity contribution in [2.75, 3.05) is 5.75 Å². The molecule has 2 aromatic carbocycles. The Kier molecular flexibility index (Phi) is 6.47. The van der Waals surface area contributed by atoms with Gasteiger partial charge < -0.3 is 5.32 Å². The molecule has 0 aliphatic rings. The lowest BCUT2D eigenvalue weighted by molar-refractivity contribution is -0.118. The van der Waals surface area contributed by atoms with E-state index in [1.165, 1.54) is 6.07 Å². The Bertz CT molecular complexity index is 719. The zero-order valence-electron chi connectivity index (χ0n) is 12.6. The maximum Gasteiger partial charge on any atom is 0.232 e. The van der Waals surface area contributed by atoms with Crippen molar-refractivity contribution in [1.29, 1.82) is 0 Å². The fraction of sp³-hybridized carbons (Fsp3) is 0.235. The van der Waals surface area contributed by atoms with Crippen molar-refractivity contribution in [1.82, 2.24) is 5.32 Å². The average molecular weight is 398 g/mol. The summed E-state index contributed by atoms with van der Waals surface area (Å²) in [6.07, 6.45) is 0. The zero-order valence-corrected chi connectivity index (χ0v) is 15.0. The topological polar surface area (TPSA) is 46.2 Å². The van der Waals surface area contributed by atoms with Gasteiger partial charge in [0.25, 0.3) is 0 Å². The van der Waals surface area contributed by atoms with Gasteiger partial charge in [-0.15, -0.1) is 0 Å². The van der Waals surface area contributed by atoms with E-state index in [9.17, 15) is 13.4 Å². The third kappa shape index (κ3) is 5.88. The van der Waals surface area contributed by atoms with Crippen molar-refractivity contribution in [2.45, 2.75) is 19.2 Å². The fourth-order valence-electron chi connectivity index (χ4n) is 2.03. The van der Waals surface area contributed by atoms with E-state index in [4.69, 9.17) is 0 Å². The molecule has 1 amide bonds. The molecule has 0 aliphatic heterocycles. The normalized spacial score (nSPS) is 12.0. The molecule has 0 fully saturated rings. The largest absolute Gasteiger partial charge is 0.351 e. The average Bonchev–Trinajstić information content (AvgIpc) is 2.51. The zero-order chi connectivity index (χ0) is 16.8. The van der Waals surface area contributed by atoms with Crippen LogP contribution in [0.5, 0.6) is 0 Å². The van der Waals surface area contributed by atoms with Crippen molar-refractivity contribution in [3.63, 3.8) is 0 Å². The molecule has 1 atom stereocenters. The summed E-state index contributed by atoms with van der Waals surface area (Å²) < 4.78 is 26.1. The molecular weight excluding hydrogens is 381 g/mol. The van der Waals surface area contributed by atoms with Crippen LogP contribution in [0, 0.1) is 12.7 Å². The number of hydrogen-bond acceptors (Lipinski definition) is 2. The molecule has 0 saturated carbocycles. The molecular formula is C17H17BrFNO2S. The number of carbonyl (C=O) groups excluding carboxylic acids is 1. The number of hydrogen-bond donors (Lipinski definition) is 1. The number of rotatable bonds is 6. The first-order chi connectivity index (χ1) is 10.9. The maximum atomic E-state index is 13.2. The first-order valence-electron chi connectivity index (χ1n) is 7.05. The number of halogens is 2. The summed E-state index contributed by atoms with van der Waals surface area (Å²) in [6, 6.07) is 12.2. The number of nitrogens with one attached hydrogen (secondary N) is 1. The molecule has 3 nitrogen and oxygen atoms in total. The summed E-state index contributed by atoms with van der Waals surface area (Å²) in [5.74, 6) is -0.245. The molecule has 0 aromatic heterocycles. The molecule has 2 rings (SSSR count). The molecule has 0 aliphatic carbocycles. The highest BCUT2D eigenvalue weighted by Crippen LogP contribution is 2.12. The monoisotopic (exact) mass is 397 g/mol. The third-order valence-electron chi connectivity index (χ3n) is 3.25. The smallest absolute Gasteiger partial charge is 0.232 e. The van der Waals surface area contributed by atoms with Crippen LogP contribution in [0.3, 0.4) is 0 Å². The Morgan fingerprint density at radius 3 is 2.48 bits per heavy atom. The first-order valence-corrected chi connectivity index (χ1v) is 9.33. The molecule has 0 radical (unpaired) electrons. The van der Waals surface area contributed by atoms with Crippen LogP contribution in [-0.2, 0) is 27.9 Å². The van der Waals surface area contributed by atoms with Crippen LogP contribution in [0.1, 0.15) is 16.7 Å². The van der Waals surface area contributed by atoms with Gasteiger partial charge in [-0.2, -0.15) is 0 Å². The van der Waals surface area contributed by atoms with E-state index in [-0.39, 0.29) is 17.5 Å². The van der Waals surface area contributed by atoms with Gasteiger partial charge in [0.15, 0.2) is 0 Å². The Balaban J connectivity index is 1.80. The Morgan fingerprint density at radius 1 is 1.17 bits per heavy atom. The van der Waals surface area contributed by atoms with E-state index >= 15 is 0 Å². The molecule has 0 spiro atoms. The quantitative estimate of drug-likeness (QED) is 0.810. The lowest BCUT2D eigenvalue weighted by Gasteiger charge is -2.07. The van der Waals surface area contributed by atoms with Gasteiger partial charge in [-0.3, -0.25) is 9.00 Å². The number of benzene rings is 2. The highest BCUT2D eigenvalue weighted by Gasteiger charge is 2.09. The second kappa shape index (κ2) is 8.36. The van der Waals surface area contributed by atoms with Gasteiger partial charge in [-0.25, -0.2) is 4.39 Å². The highest BCUT2D eigenvalue weighted by atomic mass is 79.9. The minimum absolute atomic E-state index is 0.0454. The van der Waals surface area contributed by atoms with Gasteiger partial charge in [0, 0.05) is 27.6 Å². The lowest BCUT2D eigenvalue weighted by Crippen LogP contribution is -2.28. The maximum absolute atomic E-state index is 13.2. The predicted molar refractivity (Wildman–Crippen MR) is 93.8 cm³/mol. The molecule has 0 heterocycles. The van der Waals surface area contributed by atoms with Gasteiger partial charge >= 0.3 is 0 Å². The van der Waals surface area contributed by atoms with E-state index in [2.05, 4.69) is 21.2 Å². The van der Waals surface area contributed by atoms with Crippen molar-refractivity contribution in [3.8, 4) is 0 Å². The second-order valence-corrected chi connectivity index (χ2v) is 7.59. The molecule has 0 bridgehead atoms. The van der Waals surface area contributed by atoms with Crippen LogP contribution in [0.4, 0.5) is 4.39 Å². The van der Waals surface area contributed by atoms with Crippen molar-refractivity contribution in [3.05, 3.63) is 69.4 Å². The summed E-state index contributed by atoms with van der Waals surface area (Å²) in [4.78, 5) is 11.8. The summed E-state index contributed by atoms with van der Waals surface area (Å²) in [5.41, 5.74) is 2.28. The Morgan fingerprint density at radius 2 is 1.83 bits per heavy atom. The van der Waals surface area contributed by atoms with E-state index in [1.807, 2.05) is 24.3 Å². The van der Waals surface area contributed by atoms with Crippen LogP contribution in [-0.4, -0.2) is 15.9 Å². The summed E-state index contributed by atoms with van der Waals surface area (Å²) in [5, 5.41) is 2.71. The number of aryl methyl sites for hydroxylation is 1. The van der Waals surface area contributed by atoms with E-state index in [0.717, 1.165) is 15.6 Å². The van der Waals surface area contributed by atoms with Crippen LogP contribution >= 0.6 is 15.9 Å². The van der Waals surface area contributed by atoms with E-state index in [0.29, 0.717) is 17.9 Å². The van der Waals surface area contributed by atoms with Gasteiger partial charge in [0.1, 0.15) is 11.6 Å². The van der Waals surface area contributed by atoms with Gasteiger partial charge in [0.2, 0.25) is 5.91 Å². The summed E-state index contributed by atoms with van der Waals surface area (Å²) >= 11 is 3.34. The van der Waals surface area contributed by atoms with Crippen molar-refractivity contribution < 1.29 is 13.4 Å². The van der Waals surface area contributed by atoms with E-state index in [1.54, 1.807) is 19.1 Å². The lowest BCUT2D eigenvalue weighted by atomic mass is 10.1.